The van der Waals surface area contributed by atoms with E-state index in [1.807, 2.05) is 0 Å². The van der Waals surface area contributed by atoms with Crippen molar-refractivity contribution in [3.05, 3.63) is 28.8 Å². The van der Waals surface area contributed by atoms with E-state index in [1.165, 1.54) is 0 Å². The van der Waals surface area contributed by atoms with Crippen LogP contribution in [0.1, 0.15) is 24.8 Å². The van der Waals surface area contributed by atoms with E-state index in [2.05, 4.69) is 22.5 Å². The van der Waals surface area contributed by atoms with Crippen molar-refractivity contribution in [2.24, 2.45) is 0 Å². The smallest absolute Gasteiger partial charge is 0.319 e. The van der Waals surface area contributed by atoms with Crippen molar-refractivity contribution in [1.29, 1.82) is 0 Å². The molecule has 19 heavy (non-hydrogen) atoms. The third-order valence-corrected chi connectivity index (χ3v) is 2.84. The molecule has 0 aromatic heterocycles. The fraction of sp³-hybridized carbons (Fsp3) is 0.357. The Balaban J connectivity index is 2.09. The summed E-state index contributed by atoms with van der Waals surface area (Å²) in [7, 11) is 0. The van der Waals surface area contributed by atoms with Crippen molar-refractivity contribution in [2.75, 3.05) is 11.9 Å². The van der Waals surface area contributed by atoms with Crippen molar-refractivity contribution >= 4 is 23.3 Å². The van der Waals surface area contributed by atoms with E-state index in [9.17, 15) is 4.79 Å². The number of nitrogens with one attached hydrogen (secondary N) is 2. The molecule has 0 heterocycles. The van der Waals surface area contributed by atoms with Gasteiger partial charge >= 0.3 is 6.03 Å². The van der Waals surface area contributed by atoms with Gasteiger partial charge in [0.1, 0.15) is 0 Å². The van der Waals surface area contributed by atoms with Crippen molar-refractivity contribution in [2.45, 2.75) is 25.3 Å². The van der Waals surface area contributed by atoms with Gasteiger partial charge < -0.3 is 15.7 Å². The number of aliphatic hydroxyl groups excluding tert-OH is 1. The molecule has 1 aromatic carbocycles. The average Bonchev–Trinajstić information content (AvgIpc) is 3.16. The number of anilines is 1. The van der Waals surface area contributed by atoms with Crippen LogP contribution in [0.15, 0.2) is 18.2 Å². The highest BCUT2D eigenvalue weighted by Gasteiger charge is 2.23. The highest BCUT2D eigenvalue weighted by molar-refractivity contribution is 6.30. The molecule has 1 aliphatic carbocycles. The first-order valence-electron chi connectivity index (χ1n) is 6.16. The zero-order valence-corrected chi connectivity index (χ0v) is 11.1. The molecule has 3 N–H and O–H groups in total. The molecule has 0 aliphatic heterocycles. The maximum absolute atomic E-state index is 11.7. The Bertz CT molecular complexity index is 530. The second-order valence-electron chi connectivity index (χ2n) is 4.34. The van der Waals surface area contributed by atoms with Crippen molar-refractivity contribution in [1.82, 2.24) is 5.32 Å². The monoisotopic (exact) mass is 278 g/mol. The van der Waals surface area contributed by atoms with Crippen LogP contribution in [0, 0.1) is 11.8 Å². The molecule has 0 radical (unpaired) electrons. The largest absolute Gasteiger partial charge is 0.395 e. The summed E-state index contributed by atoms with van der Waals surface area (Å²) in [5, 5.41) is 14.9. The highest BCUT2D eigenvalue weighted by Crippen LogP contribution is 2.21. The van der Waals surface area contributed by atoms with Crippen LogP contribution in [-0.4, -0.2) is 23.8 Å². The Morgan fingerprint density at radius 3 is 2.95 bits per heavy atom. The normalized spacial score (nSPS) is 13.4. The van der Waals surface area contributed by atoms with Crippen LogP contribution in [-0.2, 0) is 0 Å². The highest BCUT2D eigenvalue weighted by atomic mass is 35.5. The summed E-state index contributed by atoms with van der Waals surface area (Å²) in [6.45, 7) is 0.0124. The van der Waals surface area contributed by atoms with Crippen LogP contribution in [0.4, 0.5) is 10.5 Å². The van der Waals surface area contributed by atoms with Gasteiger partial charge in [-0.2, -0.15) is 0 Å². The maximum atomic E-state index is 11.7. The van der Waals surface area contributed by atoms with Gasteiger partial charge in [-0.05, 0) is 31.0 Å². The Labute approximate surface area is 117 Å². The summed E-state index contributed by atoms with van der Waals surface area (Å²) in [6.07, 6.45) is 2.47. The molecule has 0 saturated heterocycles. The van der Waals surface area contributed by atoms with Crippen LogP contribution >= 0.6 is 11.6 Å². The first-order chi connectivity index (χ1) is 9.19. The summed E-state index contributed by atoms with van der Waals surface area (Å²) in [5.74, 6) is 5.71. The van der Waals surface area contributed by atoms with Gasteiger partial charge in [0.05, 0.1) is 12.3 Å². The SMILES string of the molecule is O=C(Nc1ccc(Cl)cc1C#CCCO)NC1CC1. The van der Waals surface area contributed by atoms with E-state index >= 15 is 0 Å². The summed E-state index contributed by atoms with van der Waals surface area (Å²) in [5.41, 5.74) is 1.26. The molecule has 4 nitrogen and oxygen atoms in total. The van der Waals surface area contributed by atoms with Gasteiger partial charge in [-0.15, -0.1) is 0 Å². The Hall–Kier alpha value is -1.70. The van der Waals surface area contributed by atoms with Gasteiger partial charge in [-0.25, -0.2) is 4.79 Å². The molecular weight excluding hydrogens is 264 g/mol. The van der Waals surface area contributed by atoms with Gasteiger partial charge in [-0.1, -0.05) is 23.4 Å². The van der Waals surface area contributed by atoms with Crippen LogP contribution in [0.5, 0.6) is 0 Å². The van der Waals surface area contributed by atoms with Gasteiger partial charge in [0.25, 0.3) is 0 Å². The van der Waals surface area contributed by atoms with Gasteiger partial charge in [0.15, 0.2) is 0 Å². The van der Waals surface area contributed by atoms with E-state index in [0.29, 0.717) is 28.7 Å². The third-order valence-electron chi connectivity index (χ3n) is 2.60. The van der Waals surface area contributed by atoms with Crippen LogP contribution in [0.2, 0.25) is 5.02 Å². The predicted octanol–water partition coefficient (Wildman–Crippen LogP) is 2.36. The maximum Gasteiger partial charge on any atom is 0.319 e. The molecule has 0 atom stereocenters. The van der Waals surface area contributed by atoms with Crippen LogP contribution in [0.25, 0.3) is 0 Å². The lowest BCUT2D eigenvalue weighted by atomic mass is 10.2. The number of urea groups is 1. The number of hydrogen-bond donors (Lipinski definition) is 3. The molecule has 1 aromatic rings. The Kier molecular flexibility index (Phi) is 4.67. The lowest BCUT2D eigenvalue weighted by molar-refractivity contribution is 0.251. The zero-order chi connectivity index (χ0) is 13.7. The molecule has 100 valence electrons. The number of rotatable bonds is 3. The molecular formula is C14H15ClN2O2. The van der Waals surface area contributed by atoms with E-state index in [0.717, 1.165) is 12.8 Å². The Morgan fingerprint density at radius 2 is 2.26 bits per heavy atom. The quantitative estimate of drug-likeness (QED) is 0.743. The second-order valence-corrected chi connectivity index (χ2v) is 4.77. The fourth-order valence-corrected chi connectivity index (χ4v) is 1.69. The summed E-state index contributed by atoms with van der Waals surface area (Å²) in [4.78, 5) is 11.7. The number of amides is 2. The minimum absolute atomic E-state index is 0.0124. The number of halogens is 1. The number of carbonyl (C=O) groups excluding carboxylic acids is 1. The number of carbonyl (C=O) groups is 1. The predicted molar refractivity (Wildman–Crippen MR) is 75.2 cm³/mol. The molecule has 0 bridgehead atoms. The molecule has 1 saturated carbocycles. The third kappa shape index (κ3) is 4.47. The van der Waals surface area contributed by atoms with Crippen molar-refractivity contribution in [3.8, 4) is 11.8 Å². The van der Waals surface area contributed by atoms with Crippen molar-refractivity contribution in [3.63, 3.8) is 0 Å². The molecule has 0 spiro atoms. The molecule has 1 aliphatic rings. The first kappa shape index (κ1) is 13.7. The minimum atomic E-state index is -0.227. The number of hydrogen-bond acceptors (Lipinski definition) is 2. The second kappa shape index (κ2) is 6.46. The van der Waals surface area contributed by atoms with E-state index in [-0.39, 0.29) is 12.6 Å². The van der Waals surface area contributed by atoms with E-state index in [1.54, 1.807) is 18.2 Å². The molecule has 5 heteroatoms. The van der Waals surface area contributed by atoms with Gasteiger partial charge in [-0.3, -0.25) is 0 Å². The van der Waals surface area contributed by atoms with Gasteiger partial charge in [0, 0.05) is 23.0 Å². The molecule has 1 fully saturated rings. The summed E-state index contributed by atoms with van der Waals surface area (Å²) >= 11 is 5.92. The van der Waals surface area contributed by atoms with Gasteiger partial charge in [0.2, 0.25) is 0 Å². The zero-order valence-electron chi connectivity index (χ0n) is 10.4. The number of aliphatic hydroxyl groups is 1. The fourth-order valence-electron chi connectivity index (χ4n) is 1.51. The van der Waals surface area contributed by atoms with E-state index in [4.69, 9.17) is 16.7 Å². The summed E-state index contributed by atoms with van der Waals surface area (Å²) < 4.78 is 0. The van der Waals surface area contributed by atoms with Crippen molar-refractivity contribution < 1.29 is 9.90 Å². The standard InChI is InChI=1S/C14H15ClN2O2/c15-11-4-7-13(10(9-11)3-1-2-8-18)17-14(19)16-12-5-6-12/h4,7,9,12,18H,2,5-6,8H2,(H2,16,17,19). The van der Waals surface area contributed by atoms with Crippen LogP contribution in [0.3, 0.4) is 0 Å². The topological polar surface area (TPSA) is 61.4 Å². The van der Waals surface area contributed by atoms with E-state index < -0.39 is 0 Å². The Morgan fingerprint density at radius 1 is 1.47 bits per heavy atom. The summed E-state index contributed by atoms with van der Waals surface area (Å²) in [6, 6.07) is 5.19. The molecule has 0 unspecified atom stereocenters. The van der Waals surface area contributed by atoms with Crippen LogP contribution < -0.4 is 10.6 Å². The first-order valence-corrected chi connectivity index (χ1v) is 6.53. The lowest BCUT2D eigenvalue weighted by Gasteiger charge is -2.08. The average molecular weight is 279 g/mol. The minimum Gasteiger partial charge on any atom is -0.395 e. The number of benzene rings is 1. The lowest BCUT2D eigenvalue weighted by Crippen LogP contribution is -2.30. The molecule has 2 amide bonds. The molecule has 2 rings (SSSR count).